The lowest BCUT2D eigenvalue weighted by Crippen LogP contribution is -2.42. The van der Waals surface area contributed by atoms with Crippen molar-refractivity contribution >= 4 is 5.91 Å². The van der Waals surface area contributed by atoms with E-state index in [1.54, 1.807) is 0 Å². The molecule has 1 aromatic rings. The van der Waals surface area contributed by atoms with Gasteiger partial charge in [0.15, 0.2) is 0 Å². The van der Waals surface area contributed by atoms with Gasteiger partial charge in [-0.05, 0) is 44.5 Å². The van der Waals surface area contributed by atoms with Crippen molar-refractivity contribution < 1.29 is 9.53 Å². The summed E-state index contributed by atoms with van der Waals surface area (Å²) in [6.45, 7) is 8.23. The van der Waals surface area contributed by atoms with Gasteiger partial charge in [-0.15, -0.1) is 0 Å². The van der Waals surface area contributed by atoms with Gasteiger partial charge < -0.3 is 15.4 Å². The Morgan fingerprint density at radius 3 is 2.62 bits per heavy atom. The highest BCUT2D eigenvalue weighted by Crippen LogP contribution is 2.11. The van der Waals surface area contributed by atoms with Gasteiger partial charge in [0.1, 0.15) is 0 Å². The highest BCUT2D eigenvalue weighted by molar-refractivity contribution is 5.95. The van der Waals surface area contributed by atoms with Crippen molar-refractivity contribution in [2.45, 2.75) is 33.2 Å². The first kappa shape index (κ1) is 17.7. The molecule has 1 rings (SSSR count). The van der Waals surface area contributed by atoms with Crippen LogP contribution in [0.2, 0.25) is 0 Å². The Balaban J connectivity index is 2.77. The van der Waals surface area contributed by atoms with Crippen LogP contribution in [0.3, 0.4) is 0 Å². The molecule has 2 N–H and O–H groups in total. The number of hydrogen-bond donors (Lipinski definition) is 2. The van der Waals surface area contributed by atoms with Gasteiger partial charge >= 0.3 is 0 Å². The molecule has 118 valence electrons. The normalized spacial score (nSPS) is 12.4. The van der Waals surface area contributed by atoms with Gasteiger partial charge in [0.05, 0.1) is 12.6 Å². The standard InChI is InChI=1S/C17H28N2O2/c1-5-21-12-16(13(2)3)19-17(20)15-9-7-6-8-14(15)10-11-18-4/h6-9,13,16,18H,5,10-12H2,1-4H3,(H,19,20). The van der Waals surface area contributed by atoms with Crippen molar-refractivity contribution in [3.05, 3.63) is 35.4 Å². The molecule has 0 fully saturated rings. The summed E-state index contributed by atoms with van der Waals surface area (Å²) in [6.07, 6.45) is 0.845. The van der Waals surface area contributed by atoms with E-state index in [0.717, 1.165) is 24.1 Å². The van der Waals surface area contributed by atoms with Crippen LogP contribution in [0.5, 0.6) is 0 Å². The molecule has 0 saturated heterocycles. The fourth-order valence-electron chi connectivity index (χ4n) is 2.11. The summed E-state index contributed by atoms with van der Waals surface area (Å²) in [6, 6.07) is 7.82. The molecular weight excluding hydrogens is 264 g/mol. The van der Waals surface area contributed by atoms with E-state index >= 15 is 0 Å². The van der Waals surface area contributed by atoms with Crippen LogP contribution < -0.4 is 10.6 Å². The first-order valence-corrected chi connectivity index (χ1v) is 7.71. The maximum Gasteiger partial charge on any atom is 0.251 e. The zero-order chi connectivity index (χ0) is 15.7. The summed E-state index contributed by atoms with van der Waals surface area (Å²) in [5, 5.41) is 6.22. The van der Waals surface area contributed by atoms with Gasteiger partial charge in [0, 0.05) is 12.2 Å². The molecule has 4 heteroatoms. The summed E-state index contributed by atoms with van der Waals surface area (Å²) in [7, 11) is 1.92. The largest absolute Gasteiger partial charge is 0.380 e. The predicted octanol–water partition coefficient (Wildman–Crippen LogP) is 2.24. The third kappa shape index (κ3) is 5.86. The number of amides is 1. The second-order valence-electron chi connectivity index (χ2n) is 5.49. The van der Waals surface area contributed by atoms with Crippen molar-refractivity contribution in [1.82, 2.24) is 10.6 Å². The van der Waals surface area contributed by atoms with E-state index in [1.807, 2.05) is 38.2 Å². The molecule has 21 heavy (non-hydrogen) atoms. The monoisotopic (exact) mass is 292 g/mol. The molecule has 0 aliphatic heterocycles. The SMILES string of the molecule is CCOCC(NC(=O)c1ccccc1CCNC)C(C)C. The fraction of sp³-hybridized carbons (Fsp3) is 0.588. The summed E-state index contributed by atoms with van der Waals surface area (Å²) in [5.74, 6) is 0.324. The number of ether oxygens (including phenoxy) is 1. The van der Waals surface area contributed by atoms with Gasteiger partial charge in [-0.1, -0.05) is 32.0 Å². The Morgan fingerprint density at radius 2 is 2.00 bits per heavy atom. The van der Waals surface area contributed by atoms with Crippen LogP contribution in [0, 0.1) is 5.92 Å². The van der Waals surface area contributed by atoms with Crippen molar-refractivity contribution in [3.8, 4) is 0 Å². The Kier molecular flexibility index (Phi) is 8.01. The van der Waals surface area contributed by atoms with Gasteiger partial charge in [0.25, 0.3) is 5.91 Å². The molecule has 1 atom stereocenters. The average molecular weight is 292 g/mol. The van der Waals surface area contributed by atoms with E-state index in [1.165, 1.54) is 0 Å². The Bertz CT molecular complexity index is 433. The average Bonchev–Trinajstić information content (AvgIpc) is 2.49. The number of rotatable bonds is 9. The van der Waals surface area contributed by atoms with Crippen LogP contribution in [0.4, 0.5) is 0 Å². The van der Waals surface area contributed by atoms with Crippen molar-refractivity contribution in [3.63, 3.8) is 0 Å². The maximum atomic E-state index is 12.5. The van der Waals surface area contributed by atoms with Crippen LogP contribution in [-0.2, 0) is 11.2 Å². The molecule has 1 aromatic carbocycles. The molecule has 0 bridgehead atoms. The van der Waals surface area contributed by atoms with Gasteiger partial charge in [-0.25, -0.2) is 0 Å². The molecule has 0 spiro atoms. The van der Waals surface area contributed by atoms with Gasteiger partial charge in [-0.3, -0.25) is 4.79 Å². The number of likely N-dealkylation sites (N-methyl/N-ethyl adjacent to an activating group) is 1. The third-order valence-electron chi connectivity index (χ3n) is 3.53. The lowest BCUT2D eigenvalue weighted by atomic mass is 10.0. The van der Waals surface area contributed by atoms with Gasteiger partial charge in [0.2, 0.25) is 0 Å². The summed E-state index contributed by atoms with van der Waals surface area (Å²) < 4.78 is 5.46. The second-order valence-corrected chi connectivity index (χ2v) is 5.49. The highest BCUT2D eigenvalue weighted by Gasteiger charge is 2.18. The maximum absolute atomic E-state index is 12.5. The number of benzene rings is 1. The molecule has 0 radical (unpaired) electrons. The summed E-state index contributed by atoms with van der Waals surface area (Å²) >= 11 is 0. The molecule has 1 unspecified atom stereocenters. The topological polar surface area (TPSA) is 50.4 Å². The van der Waals surface area contributed by atoms with E-state index in [9.17, 15) is 4.79 Å². The number of carbonyl (C=O) groups is 1. The molecule has 4 nitrogen and oxygen atoms in total. The van der Waals surface area contributed by atoms with Crippen molar-refractivity contribution in [1.29, 1.82) is 0 Å². The van der Waals surface area contributed by atoms with Crippen molar-refractivity contribution in [2.24, 2.45) is 5.92 Å². The molecular formula is C17H28N2O2. The van der Waals surface area contributed by atoms with E-state index < -0.39 is 0 Å². The molecule has 0 aromatic heterocycles. The van der Waals surface area contributed by atoms with E-state index in [-0.39, 0.29) is 11.9 Å². The second kappa shape index (κ2) is 9.53. The molecule has 0 aliphatic carbocycles. The highest BCUT2D eigenvalue weighted by atomic mass is 16.5. The minimum atomic E-state index is -0.0138. The van der Waals surface area contributed by atoms with Crippen LogP contribution in [-0.4, -0.2) is 38.8 Å². The zero-order valence-corrected chi connectivity index (χ0v) is 13.6. The number of nitrogens with one attached hydrogen (secondary N) is 2. The van der Waals surface area contributed by atoms with Crippen molar-refractivity contribution in [2.75, 3.05) is 26.8 Å². The first-order valence-electron chi connectivity index (χ1n) is 7.71. The predicted molar refractivity (Wildman–Crippen MR) is 86.7 cm³/mol. The quantitative estimate of drug-likeness (QED) is 0.734. The minimum absolute atomic E-state index is 0.0138. The zero-order valence-electron chi connectivity index (χ0n) is 13.6. The van der Waals surface area contributed by atoms with E-state index in [0.29, 0.717) is 19.1 Å². The fourth-order valence-corrected chi connectivity index (χ4v) is 2.11. The smallest absolute Gasteiger partial charge is 0.251 e. The lowest BCUT2D eigenvalue weighted by Gasteiger charge is -2.22. The van der Waals surface area contributed by atoms with Gasteiger partial charge in [-0.2, -0.15) is 0 Å². The molecule has 1 amide bonds. The van der Waals surface area contributed by atoms with Crippen LogP contribution in [0.25, 0.3) is 0 Å². The lowest BCUT2D eigenvalue weighted by molar-refractivity contribution is 0.0805. The number of carbonyl (C=O) groups excluding carboxylic acids is 1. The Labute approximate surface area is 128 Å². The molecule has 0 aliphatic rings. The van der Waals surface area contributed by atoms with E-state index in [4.69, 9.17) is 4.74 Å². The summed E-state index contributed by atoms with van der Waals surface area (Å²) in [4.78, 5) is 12.5. The minimum Gasteiger partial charge on any atom is -0.380 e. The molecule has 0 heterocycles. The summed E-state index contributed by atoms with van der Waals surface area (Å²) in [5.41, 5.74) is 1.83. The van der Waals surface area contributed by atoms with E-state index in [2.05, 4.69) is 24.5 Å². The number of hydrogen-bond acceptors (Lipinski definition) is 3. The van der Waals surface area contributed by atoms with Crippen LogP contribution in [0.1, 0.15) is 36.7 Å². The van der Waals surface area contributed by atoms with Crippen LogP contribution in [0.15, 0.2) is 24.3 Å². The third-order valence-corrected chi connectivity index (χ3v) is 3.53. The van der Waals surface area contributed by atoms with Crippen LogP contribution >= 0.6 is 0 Å². The Hall–Kier alpha value is -1.39. The molecule has 0 saturated carbocycles. The Morgan fingerprint density at radius 1 is 1.29 bits per heavy atom. The first-order chi connectivity index (χ1) is 10.1.